The Kier molecular flexibility index (Phi) is 4.50. The van der Waals surface area contributed by atoms with Gasteiger partial charge in [-0.15, -0.1) is 0 Å². The van der Waals surface area contributed by atoms with Crippen LogP contribution in [0.25, 0.3) is 11.5 Å². The van der Waals surface area contributed by atoms with E-state index in [0.29, 0.717) is 47.2 Å². The molecule has 7 heteroatoms. The average molecular weight is 368 g/mol. The number of nitrogens with zero attached hydrogens (tertiary/aromatic N) is 1. The Morgan fingerprint density at radius 1 is 1.15 bits per heavy atom. The van der Waals surface area contributed by atoms with E-state index in [4.69, 9.17) is 13.9 Å². The number of ether oxygens (including phenoxy) is 2. The van der Waals surface area contributed by atoms with Gasteiger partial charge < -0.3 is 19.2 Å². The Hall–Kier alpha value is -3.35. The van der Waals surface area contributed by atoms with Crippen molar-refractivity contribution in [1.82, 2.24) is 10.3 Å². The van der Waals surface area contributed by atoms with Crippen molar-refractivity contribution < 1.29 is 23.1 Å². The summed E-state index contributed by atoms with van der Waals surface area (Å²) in [6, 6.07) is 11.0. The van der Waals surface area contributed by atoms with Crippen molar-refractivity contribution in [3.63, 3.8) is 0 Å². The first kappa shape index (κ1) is 17.1. The fourth-order valence-electron chi connectivity index (χ4n) is 2.81. The van der Waals surface area contributed by atoms with E-state index in [1.165, 1.54) is 12.1 Å². The second kappa shape index (κ2) is 7.11. The third-order valence-electron chi connectivity index (χ3n) is 4.27. The summed E-state index contributed by atoms with van der Waals surface area (Å²) in [5.41, 5.74) is 1.96. The lowest BCUT2D eigenvalue weighted by molar-refractivity contribution is 0.0953. The van der Waals surface area contributed by atoms with E-state index in [1.54, 1.807) is 30.3 Å². The minimum absolute atomic E-state index is 0.169. The SMILES string of the molecule is Cc1oc(-c2ccc(F)cc2)nc1CCNC(=O)c1ccc2c(c1)OCO2. The smallest absolute Gasteiger partial charge is 0.251 e. The molecule has 3 aromatic rings. The van der Waals surface area contributed by atoms with Crippen molar-refractivity contribution in [2.45, 2.75) is 13.3 Å². The molecule has 4 rings (SSSR count). The van der Waals surface area contributed by atoms with Gasteiger partial charge in [0.2, 0.25) is 12.7 Å². The van der Waals surface area contributed by atoms with Gasteiger partial charge in [-0.1, -0.05) is 0 Å². The molecule has 1 N–H and O–H groups in total. The lowest BCUT2D eigenvalue weighted by atomic mass is 10.2. The van der Waals surface area contributed by atoms with Gasteiger partial charge in [-0.25, -0.2) is 9.37 Å². The molecule has 0 bridgehead atoms. The highest BCUT2D eigenvalue weighted by atomic mass is 19.1. The monoisotopic (exact) mass is 368 g/mol. The highest BCUT2D eigenvalue weighted by Crippen LogP contribution is 2.32. The number of oxazole rings is 1. The van der Waals surface area contributed by atoms with E-state index in [0.717, 1.165) is 5.69 Å². The highest BCUT2D eigenvalue weighted by Gasteiger charge is 2.16. The number of rotatable bonds is 5. The third-order valence-corrected chi connectivity index (χ3v) is 4.27. The molecule has 0 saturated heterocycles. The first-order chi connectivity index (χ1) is 13.1. The fraction of sp³-hybridized carbons (Fsp3) is 0.200. The maximum atomic E-state index is 13.0. The summed E-state index contributed by atoms with van der Waals surface area (Å²) in [5, 5.41) is 2.86. The van der Waals surface area contributed by atoms with E-state index in [9.17, 15) is 9.18 Å². The van der Waals surface area contributed by atoms with Crippen molar-refractivity contribution in [1.29, 1.82) is 0 Å². The van der Waals surface area contributed by atoms with Crippen LogP contribution >= 0.6 is 0 Å². The van der Waals surface area contributed by atoms with E-state index < -0.39 is 0 Å². The molecule has 0 unspecified atom stereocenters. The molecule has 2 aromatic carbocycles. The van der Waals surface area contributed by atoms with Gasteiger partial charge in [0.1, 0.15) is 11.6 Å². The van der Waals surface area contributed by atoms with Crippen molar-refractivity contribution in [3.05, 3.63) is 65.3 Å². The minimum atomic E-state index is -0.312. The highest BCUT2D eigenvalue weighted by molar-refractivity contribution is 5.94. The number of hydrogen-bond acceptors (Lipinski definition) is 5. The van der Waals surface area contributed by atoms with Crippen LogP contribution in [0.3, 0.4) is 0 Å². The summed E-state index contributed by atoms with van der Waals surface area (Å²) in [6.07, 6.45) is 0.521. The Bertz CT molecular complexity index is 982. The van der Waals surface area contributed by atoms with Crippen LogP contribution in [0.5, 0.6) is 11.5 Å². The second-order valence-corrected chi connectivity index (χ2v) is 6.10. The maximum absolute atomic E-state index is 13.0. The number of carbonyl (C=O) groups excluding carboxylic acids is 1. The van der Waals surface area contributed by atoms with Gasteiger partial charge in [-0.05, 0) is 49.4 Å². The van der Waals surface area contributed by atoms with Crippen LogP contribution in [0.2, 0.25) is 0 Å². The predicted octanol–water partition coefficient (Wildman–Crippen LogP) is 3.49. The van der Waals surface area contributed by atoms with Crippen molar-refractivity contribution >= 4 is 5.91 Å². The van der Waals surface area contributed by atoms with Crippen molar-refractivity contribution in [2.75, 3.05) is 13.3 Å². The molecule has 138 valence electrons. The van der Waals surface area contributed by atoms with Crippen LogP contribution in [0.1, 0.15) is 21.8 Å². The molecule has 0 saturated carbocycles. The van der Waals surface area contributed by atoms with Crippen LogP contribution in [0.4, 0.5) is 4.39 Å². The molecule has 1 aromatic heterocycles. The number of aromatic nitrogens is 1. The number of nitrogens with one attached hydrogen (secondary N) is 1. The molecule has 0 radical (unpaired) electrons. The molecule has 2 heterocycles. The number of benzene rings is 2. The van der Waals surface area contributed by atoms with E-state index >= 15 is 0 Å². The molecule has 0 aliphatic carbocycles. The van der Waals surface area contributed by atoms with Crippen LogP contribution < -0.4 is 14.8 Å². The molecule has 0 spiro atoms. The quantitative estimate of drug-likeness (QED) is 0.746. The zero-order chi connectivity index (χ0) is 18.8. The lowest BCUT2D eigenvalue weighted by Gasteiger charge is -2.05. The summed E-state index contributed by atoms with van der Waals surface area (Å²) < 4.78 is 29.2. The number of amides is 1. The molecule has 1 aliphatic heterocycles. The molecule has 1 amide bonds. The first-order valence-corrected chi connectivity index (χ1v) is 8.50. The molecule has 0 fully saturated rings. The fourth-order valence-corrected chi connectivity index (χ4v) is 2.81. The molecule has 1 aliphatic rings. The first-order valence-electron chi connectivity index (χ1n) is 8.50. The largest absolute Gasteiger partial charge is 0.454 e. The van der Waals surface area contributed by atoms with Gasteiger partial charge in [-0.3, -0.25) is 4.79 Å². The van der Waals surface area contributed by atoms with E-state index in [2.05, 4.69) is 10.3 Å². The van der Waals surface area contributed by atoms with Gasteiger partial charge in [0, 0.05) is 24.1 Å². The van der Waals surface area contributed by atoms with Crippen LogP contribution in [0, 0.1) is 12.7 Å². The number of fused-ring (bicyclic) bond motifs is 1. The molecule has 0 atom stereocenters. The summed E-state index contributed by atoms with van der Waals surface area (Å²) in [7, 11) is 0. The number of aryl methyl sites for hydroxylation is 1. The Morgan fingerprint density at radius 3 is 2.74 bits per heavy atom. The summed E-state index contributed by atoms with van der Waals surface area (Å²) in [5.74, 6) is 1.80. The van der Waals surface area contributed by atoms with Crippen LogP contribution in [-0.4, -0.2) is 24.2 Å². The van der Waals surface area contributed by atoms with Gasteiger partial charge in [0.05, 0.1) is 5.69 Å². The Labute approximate surface area is 154 Å². The Balaban J connectivity index is 1.37. The molecule has 27 heavy (non-hydrogen) atoms. The summed E-state index contributed by atoms with van der Waals surface area (Å²) in [4.78, 5) is 16.7. The van der Waals surface area contributed by atoms with Crippen LogP contribution in [0.15, 0.2) is 46.9 Å². The Morgan fingerprint density at radius 2 is 1.93 bits per heavy atom. The topological polar surface area (TPSA) is 73.6 Å². The number of halogens is 1. The number of hydrogen-bond donors (Lipinski definition) is 1. The van der Waals surface area contributed by atoms with Gasteiger partial charge in [0.25, 0.3) is 5.91 Å². The minimum Gasteiger partial charge on any atom is -0.454 e. The average Bonchev–Trinajstić information content (AvgIpc) is 3.28. The lowest BCUT2D eigenvalue weighted by Crippen LogP contribution is -2.25. The normalized spacial score (nSPS) is 12.2. The summed E-state index contributed by atoms with van der Waals surface area (Å²) in [6.45, 7) is 2.39. The van der Waals surface area contributed by atoms with Gasteiger partial charge >= 0.3 is 0 Å². The molecular weight excluding hydrogens is 351 g/mol. The maximum Gasteiger partial charge on any atom is 0.251 e. The van der Waals surface area contributed by atoms with E-state index in [-0.39, 0.29) is 18.5 Å². The zero-order valence-electron chi connectivity index (χ0n) is 14.6. The van der Waals surface area contributed by atoms with Crippen LogP contribution in [-0.2, 0) is 6.42 Å². The second-order valence-electron chi connectivity index (χ2n) is 6.10. The third kappa shape index (κ3) is 3.62. The van der Waals surface area contributed by atoms with Gasteiger partial charge in [-0.2, -0.15) is 0 Å². The van der Waals surface area contributed by atoms with Crippen molar-refractivity contribution in [2.24, 2.45) is 0 Å². The standard InChI is InChI=1S/C20H17FN2O4/c1-12-16(23-20(27-12)13-2-5-15(21)6-3-13)8-9-22-19(24)14-4-7-17-18(10-14)26-11-25-17/h2-7,10H,8-9,11H2,1H3,(H,22,24). The number of carbonyl (C=O) groups is 1. The molecule has 6 nitrogen and oxygen atoms in total. The van der Waals surface area contributed by atoms with Crippen molar-refractivity contribution in [3.8, 4) is 23.0 Å². The van der Waals surface area contributed by atoms with Gasteiger partial charge in [0.15, 0.2) is 11.5 Å². The summed E-state index contributed by atoms with van der Waals surface area (Å²) >= 11 is 0. The predicted molar refractivity (Wildman–Crippen MR) is 95.2 cm³/mol. The zero-order valence-corrected chi connectivity index (χ0v) is 14.6. The van der Waals surface area contributed by atoms with E-state index in [1.807, 2.05) is 6.92 Å². The molecular formula is C20H17FN2O4.